The van der Waals surface area contributed by atoms with Crippen molar-refractivity contribution in [3.63, 3.8) is 0 Å². The van der Waals surface area contributed by atoms with Gasteiger partial charge in [-0.3, -0.25) is 0 Å². The summed E-state index contributed by atoms with van der Waals surface area (Å²) in [6.07, 6.45) is 3.30. The van der Waals surface area contributed by atoms with Gasteiger partial charge in [0.25, 0.3) is 0 Å². The molecule has 0 saturated carbocycles. The normalized spacial score (nSPS) is 7.36. The molecule has 0 saturated heterocycles. The maximum Gasteiger partial charge on any atom is 0.316 e. The second-order valence-corrected chi connectivity index (χ2v) is 1.46. The lowest BCUT2D eigenvalue weighted by molar-refractivity contribution is 0.312. The first kappa shape index (κ1) is 13.1. The molecule has 0 amide bonds. The van der Waals surface area contributed by atoms with E-state index in [1.807, 2.05) is 6.92 Å². The molecule has 5 heteroatoms. The van der Waals surface area contributed by atoms with Crippen LogP contribution in [0.5, 0.6) is 6.01 Å². The van der Waals surface area contributed by atoms with Crippen LogP contribution in [-0.4, -0.2) is 16.6 Å². The molecule has 0 fully saturated rings. The quantitative estimate of drug-likeness (QED) is 0.723. The Hall–Kier alpha value is -0.540. The predicted molar refractivity (Wildman–Crippen MR) is 47.7 cm³/mol. The van der Waals surface area contributed by atoms with Crippen molar-refractivity contribution in [2.24, 2.45) is 0 Å². The summed E-state index contributed by atoms with van der Waals surface area (Å²) in [6, 6.07) is 2.20. The third-order valence-corrected chi connectivity index (χ3v) is 0.816. The highest BCUT2D eigenvalue weighted by Crippen LogP contribution is 1.95. The second kappa shape index (κ2) is 7.57. The van der Waals surface area contributed by atoms with Crippen LogP contribution in [-0.2, 0) is 0 Å². The van der Waals surface area contributed by atoms with Crippen LogP contribution in [0.15, 0.2) is 18.5 Å². The van der Waals surface area contributed by atoms with Crippen LogP contribution in [0, 0.1) is 0 Å². The van der Waals surface area contributed by atoms with Crippen LogP contribution < -0.4 is 4.74 Å². The van der Waals surface area contributed by atoms with Crippen molar-refractivity contribution in [1.29, 1.82) is 0 Å². The van der Waals surface area contributed by atoms with Gasteiger partial charge >= 0.3 is 6.01 Å². The number of aromatic nitrogens is 2. The average Bonchev–Trinajstić information content (AvgIpc) is 1.91. The number of nitrogens with zero attached hydrogens (tertiary/aromatic N) is 2. The zero-order valence-corrected chi connectivity index (χ0v) is 7.69. The van der Waals surface area contributed by atoms with Crippen molar-refractivity contribution in [3.8, 4) is 6.01 Å². The van der Waals surface area contributed by atoms with E-state index in [9.17, 15) is 0 Å². The number of hydrogen-bond donors (Lipinski definition) is 0. The number of ether oxygens (including phenoxy) is 1. The lowest BCUT2D eigenvalue weighted by Crippen LogP contribution is -1.95. The fourth-order valence-corrected chi connectivity index (χ4v) is 0.489. The molecule has 1 heterocycles. The minimum Gasteiger partial charge on any atom is -0.464 e. The van der Waals surface area contributed by atoms with E-state index in [2.05, 4.69) is 9.97 Å². The lowest BCUT2D eigenvalue weighted by Gasteiger charge is -1.95. The van der Waals surface area contributed by atoms with Crippen molar-refractivity contribution in [1.82, 2.24) is 9.97 Å². The fourth-order valence-electron chi connectivity index (χ4n) is 0.489. The summed E-state index contributed by atoms with van der Waals surface area (Å²) in [5.74, 6) is 0. The van der Waals surface area contributed by atoms with Gasteiger partial charge < -0.3 is 4.74 Å². The molecule has 0 aliphatic rings. The van der Waals surface area contributed by atoms with Gasteiger partial charge in [0.15, 0.2) is 0 Å². The van der Waals surface area contributed by atoms with Gasteiger partial charge in [0, 0.05) is 12.4 Å². The fraction of sp³-hybridized carbons (Fsp3) is 0.333. The van der Waals surface area contributed by atoms with E-state index in [1.54, 1.807) is 18.5 Å². The summed E-state index contributed by atoms with van der Waals surface area (Å²) in [4.78, 5) is 7.67. The maximum absolute atomic E-state index is 4.98. The van der Waals surface area contributed by atoms with Crippen LogP contribution >= 0.6 is 24.8 Å². The highest BCUT2D eigenvalue weighted by Gasteiger charge is 1.87. The summed E-state index contributed by atoms with van der Waals surface area (Å²) >= 11 is 0. The van der Waals surface area contributed by atoms with E-state index < -0.39 is 0 Å². The average molecular weight is 197 g/mol. The van der Waals surface area contributed by atoms with Gasteiger partial charge in [-0.05, 0) is 13.0 Å². The highest BCUT2D eigenvalue weighted by molar-refractivity contribution is 5.85. The predicted octanol–water partition coefficient (Wildman–Crippen LogP) is 1.72. The molecule has 0 aromatic carbocycles. The Kier molecular flexibility index (Phi) is 9.00. The molecule has 11 heavy (non-hydrogen) atoms. The summed E-state index contributed by atoms with van der Waals surface area (Å²) in [5, 5.41) is 0. The van der Waals surface area contributed by atoms with Crippen LogP contribution in [0.3, 0.4) is 0 Å². The zero-order chi connectivity index (χ0) is 6.53. The van der Waals surface area contributed by atoms with Crippen LogP contribution in [0.4, 0.5) is 0 Å². The van der Waals surface area contributed by atoms with Gasteiger partial charge in [-0.25, -0.2) is 9.97 Å². The first-order valence-electron chi connectivity index (χ1n) is 2.83. The van der Waals surface area contributed by atoms with Crippen LogP contribution in [0.1, 0.15) is 6.92 Å². The molecule has 1 aromatic heterocycles. The molecule has 1 aromatic rings. The number of rotatable bonds is 2. The summed E-state index contributed by atoms with van der Waals surface area (Å²) < 4.78 is 4.98. The smallest absolute Gasteiger partial charge is 0.316 e. The van der Waals surface area contributed by atoms with E-state index in [1.165, 1.54) is 0 Å². The Morgan fingerprint density at radius 3 is 2.27 bits per heavy atom. The number of halogens is 2. The molecule has 0 unspecified atom stereocenters. The van der Waals surface area contributed by atoms with E-state index in [4.69, 9.17) is 4.74 Å². The SMILES string of the molecule is CCOc1ncccn1.Cl.Cl. The van der Waals surface area contributed by atoms with Gasteiger partial charge in [0.2, 0.25) is 0 Å². The highest BCUT2D eigenvalue weighted by atomic mass is 35.5. The summed E-state index contributed by atoms with van der Waals surface area (Å²) in [5.41, 5.74) is 0. The van der Waals surface area contributed by atoms with E-state index in [0.29, 0.717) is 12.6 Å². The van der Waals surface area contributed by atoms with Crippen molar-refractivity contribution in [2.75, 3.05) is 6.61 Å². The first-order valence-corrected chi connectivity index (χ1v) is 2.83. The minimum atomic E-state index is 0. The Labute approximate surface area is 78.0 Å². The molecule has 0 N–H and O–H groups in total. The molecule has 1 rings (SSSR count). The molecular weight excluding hydrogens is 187 g/mol. The van der Waals surface area contributed by atoms with Gasteiger partial charge in [-0.15, -0.1) is 24.8 Å². The topological polar surface area (TPSA) is 35.0 Å². The van der Waals surface area contributed by atoms with Crippen molar-refractivity contribution in [2.45, 2.75) is 6.92 Å². The molecule has 0 aliphatic heterocycles. The van der Waals surface area contributed by atoms with Crippen LogP contribution in [0.25, 0.3) is 0 Å². The van der Waals surface area contributed by atoms with E-state index >= 15 is 0 Å². The van der Waals surface area contributed by atoms with E-state index in [-0.39, 0.29) is 24.8 Å². The first-order chi connectivity index (χ1) is 4.43. The Balaban J connectivity index is 0. The van der Waals surface area contributed by atoms with Gasteiger partial charge in [-0.2, -0.15) is 0 Å². The molecule has 0 radical (unpaired) electrons. The van der Waals surface area contributed by atoms with Crippen molar-refractivity contribution >= 4 is 24.8 Å². The zero-order valence-electron chi connectivity index (χ0n) is 6.06. The monoisotopic (exact) mass is 196 g/mol. The Morgan fingerprint density at radius 1 is 1.27 bits per heavy atom. The Bertz CT molecular complexity index is 171. The minimum absolute atomic E-state index is 0. The molecule has 64 valence electrons. The third kappa shape index (κ3) is 4.81. The van der Waals surface area contributed by atoms with Crippen LogP contribution in [0.2, 0.25) is 0 Å². The third-order valence-electron chi connectivity index (χ3n) is 0.816. The molecule has 3 nitrogen and oxygen atoms in total. The maximum atomic E-state index is 4.98. The summed E-state index contributed by atoms with van der Waals surface area (Å²) in [6.45, 7) is 2.51. The van der Waals surface area contributed by atoms with Gasteiger partial charge in [0.05, 0.1) is 6.61 Å². The van der Waals surface area contributed by atoms with Gasteiger partial charge in [-0.1, -0.05) is 0 Å². The molecule has 0 atom stereocenters. The van der Waals surface area contributed by atoms with Crippen molar-refractivity contribution in [3.05, 3.63) is 18.5 Å². The second-order valence-electron chi connectivity index (χ2n) is 1.46. The molecular formula is C6H10Cl2N2O. The summed E-state index contributed by atoms with van der Waals surface area (Å²) in [7, 11) is 0. The number of hydrogen-bond acceptors (Lipinski definition) is 3. The van der Waals surface area contributed by atoms with E-state index in [0.717, 1.165) is 0 Å². The van der Waals surface area contributed by atoms with Gasteiger partial charge in [0.1, 0.15) is 0 Å². The molecule has 0 spiro atoms. The Morgan fingerprint density at radius 2 is 1.82 bits per heavy atom. The standard InChI is InChI=1S/C6H8N2O.2ClH/c1-2-9-6-7-4-3-5-8-6;;/h3-5H,2H2,1H3;2*1H. The molecule has 0 bridgehead atoms. The molecule has 0 aliphatic carbocycles. The lowest BCUT2D eigenvalue weighted by atomic mass is 10.7. The van der Waals surface area contributed by atoms with Crippen molar-refractivity contribution < 1.29 is 4.74 Å². The largest absolute Gasteiger partial charge is 0.464 e.